The van der Waals surface area contributed by atoms with Crippen molar-refractivity contribution in [1.29, 1.82) is 5.26 Å². The van der Waals surface area contributed by atoms with Gasteiger partial charge in [-0.1, -0.05) is 25.5 Å². The third-order valence-corrected chi connectivity index (χ3v) is 8.69. The molecule has 0 aliphatic heterocycles. The Morgan fingerprint density at radius 1 is 1.22 bits per heavy atom. The van der Waals surface area contributed by atoms with Crippen LogP contribution in [0.3, 0.4) is 0 Å². The molecule has 146 valence electrons. The van der Waals surface area contributed by atoms with Gasteiger partial charge in [-0.15, -0.1) is 0 Å². The predicted molar refractivity (Wildman–Crippen MR) is 103 cm³/mol. The highest BCUT2D eigenvalue weighted by atomic mass is 16.4. The molecule has 4 aliphatic rings. The number of nitriles is 1. The van der Waals surface area contributed by atoms with E-state index in [0.717, 1.165) is 56.9 Å². The van der Waals surface area contributed by atoms with Crippen LogP contribution in [-0.4, -0.2) is 22.3 Å². The number of hydrogen-bond donors (Lipinski definition) is 2. The van der Waals surface area contributed by atoms with Crippen LogP contribution in [0.2, 0.25) is 0 Å². The number of aliphatic carboxylic acids is 1. The number of carboxylic acids is 1. The average molecular weight is 370 g/mol. The number of hydrogen-bond acceptors (Lipinski definition) is 3. The molecule has 0 aromatic rings. The Hall–Kier alpha value is -1.60. The molecule has 0 amide bonds. The lowest BCUT2D eigenvalue weighted by Gasteiger charge is -2.57. The SMILES string of the molecule is C[C@]12CCC(O)CC1=CC[C@@H]1[C@@H]2CC[C@]2(C)C(=C(C#N)CC(=O)O)CC[C@@H]12. The first-order chi connectivity index (χ1) is 12.8. The lowest BCUT2D eigenvalue weighted by Crippen LogP contribution is -2.49. The van der Waals surface area contributed by atoms with E-state index in [1.807, 2.05) is 0 Å². The Labute approximate surface area is 162 Å². The molecule has 4 rings (SSSR count). The summed E-state index contributed by atoms with van der Waals surface area (Å²) in [7, 11) is 0. The molecule has 27 heavy (non-hydrogen) atoms. The van der Waals surface area contributed by atoms with E-state index in [2.05, 4.69) is 26.0 Å². The number of fused-ring (bicyclic) bond motifs is 5. The van der Waals surface area contributed by atoms with Crippen LogP contribution >= 0.6 is 0 Å². The van der Waals surface area contributed by atoms with Crippen LogP contribution in [0.1, 0.15) is 71.6 Å². The molecule has 0 radical (unpaired) electrons. The van der Waals surface area contributed by atoms with Crippen LogP contribution in [-0.2, 0) is 4.79 Å². The summed E-state index contributed by atoms with van der Waals surface area (Å²) in [5.41, 5.74) is 3.32. The zero-order valence-electron chi connectivity index (χ0n) is 16.5. The monoisotopic (exact) mass is 369 g/mol. The van der Waals surface area contributed by atoms with Crippen molar-refractivity contribution in [3.8, 4) is 6.07 Å². The molecule has 4 nitrogen and oxygen atoms in total. The zero-order chi connectivity index (χ0) is 19.4. The third-order valence-electron chi connectivity index (χ3n) is 8.69. The second-order valence-corrected chi connectivity index (χ2v) is 9.79. The van der Waals surface area contributed by atoms with Gasteiger partial charge in [0.2, 0.25) is 0 Å². The van der Waals surface area contributed by atoms with E-state index in [0.29, 0.717) is 23.3 Å². The van der Waals surface area contributed by atoms with E-state index >= 15 is 0 Å². The molecule has 4 aliphatic carbocycles. The summed E-state index contributed by atoms with van der Waals surface area (Å²) in [5, 5.41) is 28.9. The highest BCUT2D eigenvalue weighted by molar-refractivity contribution is 5.72. The molecule has 6 atom stereocenters. The second-order valence-electron chi connectivity index (χ2n) is 9.79. The minimum absolute atomic E-state index is 0.0163. The highest BCUT2D eigenvalue weighted by Gasteiger charge is 2.57. The van der Waals surface area contributed by atoms with E-state index in [4.69, 9.17) is 0 Å². The molecule has 0 aromatic heterocycles. The van der Waals surface area contributed by atoms with Crippen molar-refractivity contribution in [2.24, 2.45) is 28.6 Å². The molecule has 2 N–H and O–H groups in total. The van der Waals surface area contributed by atoms with Gasteiger partial charge in [-0.3, -0.25) is 4.79 Å². The molecule has 0 aromatic carbocycles. The van der Waals surface area contributed by atoms with Crippen LogP contribution in [0, 0.1) is 39.9 Å². The maximum atomic E-state index is 11.2. The van der Waals surface area contributed by atoms with Crippen molar-refractivity contribution in [3.05, 3.63) is 22.8 Å². The van der Waals surface area contributed by atoms with Crippen LogP contribution in [0.4, 0.5) is 0 Å². The predicted octanol–water partition coefficient (Wildman–Crippen LogP) is 4.60. The first-order valence-corrected chi connectivity index (χ1v) is 10.5. The Kier molecular flexibility index (Phi) is 4.50. The van der Waals surface area contributed by atoms with E-state index in [1.54, 1.807) is 0 Å². The van der Waals surface area contributed by atoms with Gasteiger partial charge in [-0.05, 0) is 85.5 Å². The molecular formula is C23H31NO3. The number of aliphatic hydroxyl groups excluding tert-OH is 1. The summed E-state index contributed by atoms with van der Waals surface area (Å²) in [4.78, 5) is 11.2. The van der Waals surface area contributed by atoms with Crippen molar-refractivity contribution in [3.63, 3.8) is 0 Å². The van der Waals surface area contributed by atoms with E-state index in [9.17, 15) is 20.3 Å². The second kappa shape index (κ2) is 6.48. The molecule has 3 fully saturated rings. The van der Waals surface area contributed by atoms with Gasteiger partial charge in [0.15, 0.2) is 0 Å². The van der Waals surface area contributed by atoms with Gasteiger partial charge >= 0.3 is 5.97 Å². The minimum atomic E-state index is -0.904. The quantitative estimate of drug-likeness (QED) is 0.550. The molecule has 0 spiro atoms. The number of nitrogens with zero attached hydrogens (tertiary/aromatic N) is 1. The van der Waals surface area contributed by atoms with Crippen molar-refractivity contribution < 1.29 is 15.0 Å². The molecule has 0 saturated heterocycles. The first-order valence-electron chi connectivity index (χ1n) is 10.5. The van der Waals surface area contributed by atoms with Crippen molar-refractivity contribution in [2.45, 2.75) is 77.7 Å². The minimum Gasteiger partial charge on any atom is -0.481 e. The lowest BCUT2D eigenvalue weighted by molar-refractivity contribution is -0.136. The van der Waals surface area contributed by atoms with Crippen LogP contribution in [0.25, 0.3) is 0 Å². The number of allylic oxidation sites excluding steroid dienone is 2. The molecular weight excluding hydrogens is 338 g/mol. The van der Waals surface area contributed by atoms with Crippen LogP contribution < -0.4 is 0 Å². The fourth-order valence-corrected chi connectivity index (χ4v) is 7.31. The maximum absolute atomic E-state index is 11.2. The van der Waals surface area contributed by atoms with Gasteiger partial charge in [-0.2, -0.15) is 5.26 Å². The Bertz CT molecular complexity index is 760. The van der Waals surface area contributed by atoms with Crippen molar-refractivity contribution in [2.75, 3.05) is 0 Å². The third kappa shape index (κ3) is 2.78. The number of rotatable bonds is 2. The van der Waals surface area contributed by atoms with Gasteiger partial charge in [0.1, 0.15) is 0 Å². The standard InChI is InChI=1S/C23H31NO3/c1-22-9-7-16(25)12-15(22)3-4-17-19-6-5-18(14(13-24)11-21(26)27)23(19,2)10-8-20(17)22/h3,16-17,19-20,25H,4-12H2,1-2H3,(H,26,27)/t16?,17-,19-,20-,22-,23+/m0/s1. The van der Waals surface area contributed by atoms with Gasteiger partial charge in [0, 0.05) is 5.57 Å². The van der Waals surface area contributed by atoms with Gasteiger partial charge < -0.3 is 10.2 Å². The van der Waals surface area contributed by atoms with Crippen molar-refractivity contribution >= 4 is 5.97 Å². The first kappa shape index (κ1) is 18.7. The van der Waals surface area contributed by atoms with E-state index in [-0.39, 0.29) is 23.4 Å². The summed E-state index contributed by atoms with van der Waals surface area (Å²) in [5.74, 6) is 0.922. The largest absolute Gasteiger partial charge is 0.481 e. The topological polar surface area (TPSA) is 81.3 Å². The highest BCUT2D eigenvalue weighted by Crippen LogP contribution is 2.66. The van der Waals surface area contributed by atoms with E-state index < -0.39 is 5.97 Å². The summed E-state index contributed by atoms with van der Waals surface area (Å²) < 4.78 is 0. The smallest absolute Gasteiger partial charge is 0.308 e. The van der Waals surface area contributed by atoms with Crippen LogP contribution in [0.15, 0.2) is 22.8 Å². The number of aliphatic hydroxyl groups is 1. The van der Waals surface area contributed by atoms with Gasteiger partial charge in [0.25, 0.3) is 0 Å². The summed E-state index contributed by atoms with van der Waals surface area (Å²) >= 11 is 0. The maximum Gasteiger partial charge on any atom is 0.308 e. The molecule has 3 saturated carbocycles. The number of carboxylic acid groups (broad SMARTS) is 1. The Morgan fingerprint density at radius 2 is 1.93 bits per heavy atom. The molecule has 0 heterocycles. The van der Waals surface area contributed by atoms with Gasteiger partial charge in [0.05, 0.1) is 18.6 Å². The summed E-state index contributed by atoms with van der Waals surface area (Å²) in [6.45, 7) is 4.71. The van der Waals surface area contributed by atoms with Crippen LogP contribution in [0.5, 0.6) is 0 Å². The molecule has 0 bridgehead atoms. The fraction of sp³-hybridized carbons (Fsp3) is 0.739. The van der Waals surface area contributed by atoms with E-state index in [1.165, 1.54) is 5.57 Å². The summed E-state index contributed by atoms with van der Waals surface area (Å²) in [6.07, 6.45) is 10.2. The summed E-state index contributed by atoms with van der Waals surface area (Å²) in [6, 6.07) is 2.22. The normalized spacial score (nSPS) is 45.0. The average Bonchev–Trinajstić information content (AvgIpc) is 2.97. The van der Waals surface area contributed by atoms with Gasteiger partial charge in [-0.25, -0.2) is 0 Å². The van der Waals surface area contributed by atoms with Crippen molar-refractivity contribution in [1.82, 2.24) is 0 Å². The molecule has 1 unspecified atom stereocenters. The Balaban J connectivity index is 1.67. The fourth-order valence-electron chi connectivity index (χ4n) is 7.31. The molecule has 4 heteroatoms. The lowest BCUT2D eigenvalue weighted by atomic mass is 9.47. The Morgan fingerprint density at radius 3 is 2.63 bits per heavy atom. The zero-order valence-corrected chi connectivity index (χ0v) is 16.5. The number of carbonyl (C=O) groups is 1.